The first-order chi connectivity index (χ1) is 10.3. The number of hydrogen-bond acceptors (Lipinski definition) is 2. The van der Waals surface area contributed by atoms with Gasteiger partial charge in [0, 0.05) is 9.75 Å². The van der Waals surface area contributed by atoms with E-state index in [2.05, 4.69) is 49.6 Å². The molecule has 112 valence electrons. The fourth-order valence-electron chi connectivity index (χ4n) is 3.30. The summed E-state index contributed by atoms with van der Waals surface area (Å²) in [6, 6.07) is 11.8. The zero-order valence-corrected chi connectivity index (χ0v) is 13.9. The molecule has 0 saturated carbocycles. The smallest absolute Gasteiger partial charge is 0.0668 e. The molecule has 2 heteroatoms. The molecule has 0 saturated heterocycles. The van der Waals surface area contributed by atoms with Gasteiger partial charge in [0.1, 0.15) is 0 Å². The Morgan fingerprint density at radius 2 is 2.00 bits per heavy atom. The van der Waals surface area contributed by atoms with Crippen LogP contribution < -0.4 is 5.32 Å². The molecule has 0 bridgehead atoms. The highest BCUT2D eigenvalue weighted by atomic mass is 32.1. The number of rotatable bonds is 4. The van der Waals surface area contributed by atoms with Crippen LogP contribution in [0.2, 0.25) is 0 Å². The molecule has 1 heterocycles. The van der Waals surface area contributed by atoms with Crippen molar-refractivity contribution in [2.75, 3.05) is 7.05 Å². The van der Waals surface area contributed by atoms with Crippen molar-refractivity contribution in [1.29, 1.82) is 0 Å². The Bertz CT molecular complexity index is 576. The van der Waals surface area contributed by atoms with Gasteiger partial charge in [0.25, 0.3) is 0 Å². The van der Waals surface area contributed by atoms with Gasteiger partial charge in [-0.05, 0) is 61.9 Å². The molecule has 0 aliphatic heterocycles. The van der Waals surface area contributed by atoms with Gasteiger partial charge in [-0.25, -0.2) is 0 Å². The van der Waals surface area contributed by atoms with Crippen molar-refractivity contribution < 1.29 is 0 Å². The molecule has 0 radical (unpaired) electrons. The lowest BCUT2D eigenvalue weighted by Crippen LogP contribution is -2.16. The summed E-state index contributed by atoms with van der Waals surface area (Å²) in [7, 11) is 2.08. The van der Waals surface area contributed by atoms with Gasteiger partial charge in [0.05, 0.1) is 6.04 Å². The Hall–Kier alpha value is -1.12. The molecule has 0 fully saturated rings. The lowest BCUT2D eigenvalue weighted by Gasteiger charge is -2.16. The number of benzene rings is 1. The van der Waals surface area contributed by atoms with Gasteiger partial charge in [0.15, 0.2) is 0 Å². The molecule has 21 heavy (non-hydrogen) atoms. The van der Waals surface area contributed by atoms with Gasteiger partial charge in [-0.1, -0.05) is 37.6 Å². The van der Waals surface area contributed by atoms with E-state index in [1.807, 2.05) is 11.3 Å². The second kappa shape index (κ2) is 6.76. The third-order valence-corrected chi connectivity index (χ3v) is 5.83. The average molecular weight is 299 g/mol. The van der Waals surface area contributed by atoms with Crippen LogP contribution in [0.5, 0.6) is 0 Å². The number of aryl methyl sites for hydroxylation is 3. The van der Waals surface area contributed by atoms with Gasteiger partial charge >= 0.3 is 0 Å². The molecule has 3 rings (SSSR count). The molecule has 1 nitrogen and oxygen atoms in total. The highest BCUT2D eigenvalue weighted by Crippen LogP contribution is 2.34. The molecular formula is C19H25NS. The van der Waals surface area contributed by atoms with E-state index in [9.17, 15) is 0 Å². The summed E-state index contributed by atoms with van der Waals surface area (Å²) in [5, 5.41) is 3.52. The van der Waals surface area contributed by atoms with E-state index in [1.165, 1.54) is 48.1 Å². The van der Waals surface area contributed by atoms with Crippen molar-refractivity contribution in [3.05, 3.63) is 56.8 Å². The summed E-state index contributed by atoms with van der Waals surface area (Å²) in [6.07, 6.45) is 7.78. The first-order valence-corrected chi connectivity index (χ1v) is 9.01. The van der Waals surface area contributed by atoms with Crippen LogP contribution >= 0.6 is 11.3 Å². The molecule has 1 unspecified atom stereocenters. The quantitative estimate of drug-likeness (QED) is 0.793. The van der Waals surface area contributed by atoms with E-state index in [-0.39, 0.29) is 0 Å². The summed E-state index contributed by atoms with van der Waals surface area (Å²) >= 11 is 2.03. The van der Waals surface area contributed by atoms with E-state index in [0.29, 0.717) is 6.04 Å². The van der Waals surface area contributed by atoms with Crippen LogP contribution in [0.4, 0.5) is 0 Å². The number of fused-ring (bicyclic) bond motifs is 1. The predicted octanol–water partition coefficient (Wildman–Crippen LogP) is 4.89. The standard InChI is InChI=1S/C19H25NS/c1-3-14-8-7-10-16(12-14)19(20-2)18-13-15-9-5-4-6-11-17(15)21-18/h7-8,10,12-13,19-20H,3-6,9,11H2,1-2H3. The minimum atomic E-state index is 0.341. The van der Waals surface area contributed by atoms with Gasteiger partial charge in [-0.3, -0.25) is 0 Å². The van der Waals surface area contributed by atoms with Crippen LogP contribution in [-0.2, 0) is 19.3 Å². The first-order valence-electron chi connectivity index (χ1n) is 8.19. The molecule has 1 aromatic heterocycles. The Balaban J connectivity index is 1.92. The normalized spacial score (nSPS) is 16.3. The molecule has 0 spiro atoms. The van der Waals surface area contributed by atoms with E-state index in [4.69, 9.17) is 0 Å². The largest absolute Gasteiger partial charge is 0.309 e. The predicted molar refractivity (Wildman–Crippen MR) is 92.3 cm³/mol. The van der Waals surface area contributed by atoms with E-state index >= 15 is 0 Å². The molecule has 1 aromatic carbocycles. The highest BCUT2D eigenvalue weighted by Gasteiger charge is 2.19. The lowest BCUT2D eigenvalue weighted by atomic mass is 10.0. The van der Waals surface area contributed by atoms with E-state index in [0.717, 1.165) is 6.42 Å². The molecule has 1 aliphatic rings. The van der Waals surface area contributed by atoms with Crippen molar-refractivity contribution in [3.63, 3.8) is 0 Å². The van der Waals surface area contributed by atoms with Gasteiger partial charge < -0.3 is 5.32 Å². The number of hydrogen-bond donors (Lipinski definition) is 1. The van der Waals surface area contributed by atoms with Crippen LogP contribution in [0.3, 0.4) is 0 Å². The SMILES string of the molecule is CCc1cccc(C(NC)c2cc3c(s2)CCCCC3)c1. The molecular weight excluding hydrogens is 274 g/mol. The monoisotopic (exact) mass is 299 g/mol. The summed E-state index contributed by atoms with van der Waals surface area (Å²) in [6.45, 7) is 2.22. The summed E-state index contributed by atoms with van der Waals surface area (Å²) < 4.78 is 0. The molecule has 2 aromatic rings. The minimum Gasteiger partial charge on any atom is -0.309 e. The fraction of sp³-hybridized carbons (Fsp3) is 0.474. The summed E-state index contributed by atoms with van der Waals surface area (Å²) in [4.78, 5) is 3.12. The molecule has 1 aliphatic carbocycles. The first kappa shape index (κ1) is 14.8. The van der Waals surface area contributed by atoms with Crippen LogP contribution in [0.1, 0.15) is 58.7 Å². The zero-order valence-electron chi connectivity index (χ0n) is 13.1. The lowest BCUT2D eigenvalue weighted by molar-refractivity contribution is 0.697. The maximum atomic E-state index is 3.52. The fourth-order valence-corrected chi connectivity index (χ4v) is 4.69. The maximum Gasteiger partial charge on any atom is 0.0668 e. The Morgan fingerprint density at radius 3 is 2.81 bits per heavy atom. The molecule has 0 amide bonds. The average Bonchev–Trinajstić information content (AvgIpc) is 2.78. The van der Waals surface area contributed by atoms with Crippen LogP contribution in [0.15, 0.2) is 30.3 Å². The number of nitrogens with one attached hydrogen (secondary N) is 1. The third-order valence-electron chi connectivity index (χ3n) is 4.53. The Kier molecular flexibility index (Phi) is 4.77. The second-order valence-corrected chi connectivity index (χ2v) is 7.15. The zero-order chi connectivity index (χ0) is 14.7. The Morgan fingerprint density at radius 1 is 1.14 bits per heavy atom. The van der Waals surface area contributed by atoms with Gasteiger partial charge in [-0.2, -0.15) is 0 Å². The van der Waals surface area contributed by atoms with Crippen LogP contribution in [-0.4, -0.2) is 7.05 Å². The summed E-state index contributed by atoms with van der Waals surface area (Å²) in [5.74, 6) is 0. The van der Waals surface area contributed by atoms with Crippen molar-refractivity contribution >= 4 is 11.3 Å². The molecule has 1 atom stereocenters. The van der Waals surface area contributed by atoms with Crippen molar-refractivity contribution in [1.82, 2.24) is 5.32 Å². The Labute approximate surface area is 132 Å². The highest BCUT2D eigenvalue weighted by molar-refractivity contribution is 7.12. The van der Waals surface area contributed by atoms with Gasteiger partial charge in [-0.15, -0.1) is 11.3 Å². The van der Waals surface area contributed by atoms with E-state index in [1.54, 1.807) is 10.4 Å². The number of thiophene rings is 1. The van der Waals surface area contributed by atoms with Crippen molar-refractivity contribution in [3.8, 4) is 0 Å². The second-order valence-electron chi connectivity index (χ2n) is 5.98. The van der Waals surface area contributed by atoms with E-state index < -0.39 is 0 Å². The van der Waals surface area contributed by atoms with Crippen LogP contribution in [0.25, 0.3) is 0 Å². The topological polar surface area (TPSA) is 12.0 Å². The summed E-state index contributed by atoms with van der Waals surface area (Å²) in [5.41, 5.74) is 4.43. The third kappa shape index (κ3) is 3.22. The minimum absolute atomic E-state index is 0.341. The molecule has 1 N–H and O–H groups in total. The van der Waals surface area contributed by atoms with Gasteiger partial charge in [0.2, 0.25) is 0 Å². The van der Waals surface area contributed by atoms with Crippen LogP contribution in [0, 0.1) is 0 Å². The maximum absolute atomic E-state index is 3.52. The van der Waals surface area contributed by atoms with Crippen molar-refractivity contribution in [2.24, 2.45) is 0 Å². The van der Waals surface area contributed by atoms with Crippen molar-refractivity contribution in [2.45, 2.75) is 51.5 Å².